The van der Waals surface area contributed by atoms with Gasteiger partial charge in [0.05, 0.1) is 11.7 Å². The van der Waals surface area contributed by atoms with Gasteiger partial charge in [-0.2, -0.15) is 0 Å². The SMILES string of the molecule is CC(N)c1coc(C2CCCCN2C)n1. The van der Waals surface area contributed by atoms with Crippen molar-refractivity contribution in [2.45, 2.75) is 38.3 Å². The normalized spacial score (nSPS) is 25.4. The maximum atomic E-state index is 5.76. The van der Waals surface area contributed by atoms with Gasteiger partial charge in [0.25, 0.3) is 0 Å². The molecule has 1 aromatic heterocycles. The summed E-state index contributed by atoms with van der Waals surface area (Å²) in [7, 11) is 2.12. The zero-order valence-corrected chi connectivity index (χ0v) is 9.44. The van der Waals surface area contributed by atoms with Crippen LogP contribution in [0.5, 0.6) is 0 Å². The van der Waals surface area contributed by atoms with Gasteiger partial charge in [0.1, 0.15) is 6.26 Å². The van der Waals surface area contributed by atoms with Crippen LogP contribution in [-0.4, -0.2) is 23.5 Å². The van der Waals surface area contributed by atoms with E-state index in [9.17, 15) is 0 Å². The van der Waals surface area contributed by atoms with Crippen LogP contribution in [0.15, 0.2) is 10.7 Å². The Morgan fingerprint density at radius 2 is 2.40 bits per heavy atom. The van der Waals surface area contributed by atoms with Crippen molar-refractivity contribution in [3.63, 3.8) is 0 Å². The molecule has 0 amide bonds. The van der Waals surface area contributed by atoms with Crippen molar-refractivity contribution in [3.8, 4) is 0 Å². The van der Waals surface area contributed by atoms with Crippen LogP contribution in [0.3, 0.4) is 0 Å². The average Bonchev–Trinajstić information content (AvgIpc) is 2.67. The lowest BCUT2D eigenvalue weighted by Crippen LogP contribution is -2.29. The minimum absolute atomic E-state index is 0.0450. The predicted molar refractivity (Wildman–Crippen MR) is 58.3 cm³/mol. The second-order valence-corrected chi connectivity index (χ2v) is 4.39. The molecule has 2 heterocycles. The number of likely N-dealkylation sites (tertiary alicyclic amines) is 1. The van der Waals surface area contributed by atoms with Gasteiger partial charge in [-0.25, -0.2) is 4.98 Å². The van der Waals surface area contributed by atoms with Gasteiger partial charge >= 0.3 is 0 Å². The highest BCUT2D eigenvalue weighted by molar-refractivity contribution is 5.04. The smallest absolute Gasteiger partial charge is 0.211 e. The van der Waals surface area contributed by atoms with E-state index in [-0.39, 0.29) is 6.04 Å². The fourth-order valence-corrected chi connectivity index (χ4v) is 2.05. The van der Waals surface area contributed by atoms with E-state index in [4.69, 9.17) is 10.2 Å². The number of nitrogens with two attached hydrogens (primary N) is 1. The molecule has 1 aromatic rings. The molecule has 2 unspecified atom stereocenters. The lowest BCUT2D eigenvalue weighted by Gasteiger charge is -2.29. The van der Waals surface area contributed by atoms with Crippen LogP contribution in [0.25, 0.3) is 0 Å². The minimum Gasteiger partial charge on any atom is -0.447 e. The van der Waals surface area contributed by atoms with Crippen molar-refractivity contribution in [2.75, 3.05) is 13.6 Å². The minimum atomic E-state index is -0.0450. The summed E-state index contributed by atoms with van der Waals surface area (Å²) in [6.45, 7) is 3.05. The molecule has 4 nitrogen and oxygen atoms in total. The number of nitrogens with zero attached hydrogens (tertiary/aromatic N) is 2. The van der Waals surface area contributed by atoms with Crippen molar-refractivity contribution in [1.82, 2.24) is 9.88 Å². The number of piperidine rings is 1. The van der Waals surface area contributed by atoms with E-state index in [0.29, 0.717) is 6.04 Å². The highest BCUT2D eigenvalue weighted by atomic mass is 16.3. The molecular formula is C11H19N3O. The van der Waals surface area contributed by atoms with Gasteiger partial charge in [0, 0.05) is 6.04 Å². The Hall–Kier alpha value is -0.870. The summed E-state index contributed by atoms with van der Waals surface area (Å²) in [5.74, 6) is 0.824. The molecule has 15 heavy (non-hydrogen) atoms. The number of hydrogen-bond acceptors (Lipinski definition) is 4. The van der Waals surface area contributed by atoms with Crippen LogP contribution < -0.4 is 5.73 Å². The van der Waals surface area contributed by atoms with Crippen LogP contribution in [0.1, 0.15) is 49.9 Å². The van der Waals surface area contributed by atoms with Crippen molar-refractivity contribution in [3.05, 3.63) is 17.8 Å². The lowest BCUT2D eigenvalue weighted by molar-refractivity contribution is 0.159. The summed E-state index contributed by atoms with van der Waals surface area (Å²) in [5, 5.41) is 0. The molecule has 84 valence electrons. The number of oxazole rings is 1. The molecule has 0 aliphatic carbocycles. The predicted octanol–water partition coefficient (Wildman–Crippen LogP) is 1.85. The molecule has 0 bridgehead atoms. The summed E-state index contributed by atoms with van der Waals surface area (Å²) in [6.07, 6.45) is 5.34. The molecule has 0 spiro atoms. The molecule has 0 radical (unpaired) electrons. The van der Waals surface area contributed by atoms with Crippen molar-refractivity contribution in [1.29, 1.82) is 0 Å². The van der Waals surface area contributed by atoms with E-state index in [1.54, 1.807) is 6.26 Å². The highest BCUT2D eigenvalue weighted by Crippen LogP contribution is 2.29. The molecule has 2 rings (SSSR count). The maximum absolute atomic E-state index is 5.76. The van der Waals surface area contributed by atoms with Gasteiger partial charge in [-0.1, -0.05) is 6.42 Å². The molecule has 2 N–H and O–H groups in total. The standard InChI is InChI=1S/C11H19N3O/c1-8(12)9-7-15-11(13-9)10-5-3-4-6-14(10)2/h7-8,10H,3-6,12H2,1-2H3. The summed E-state index contributed by atoms with van der Waals surface area (Å²) in [4.78, 5) is 6.76. The van der Waals surface area contributed by atoms with Crippen molar-refractivity contribution < 1.29 is 4.42 Å². The zero-order chi connectivity index (χ0) is 10.8. The van der Waals surface area contributed by atoms with Crippen LogP contribution in [0.2, 0.25) is 0 Å². The quantitative estimate of drug-likeness (QED) is 0.807. The Labute approximate surface area is 90.5 Å². The Morgan fingerprint density at radius 3 is 3.00 bits per heavy atom. The molecule has 1 fully saturated rings. The van der Waals surface area contributed by atoms with Gasteiger partial charge in [0.15, 0.2) is 0 Å². The lowest BCUT2D eigenvalue weighted by atomic mass is 10.0. The summed E-state index contributed by atoms with van der Waals surface area (Å²) in [6, 6.07) is 0.294. The Kier molecular flexibility index (Phi) is 3.07. The molecule has 1 aliphatic rings. The third-order valence-corrected chi connectivity index (χ3v) is 3.06. The average molecular weight is 209 g/mol. The Bertz CT molecular complexity index is 321. The van der Waals surface area contributed by atoms with Crippen molar-refractivity contribution in [2.24, 2.45) is 5.73 Å². The zero-order valence-electron chi connectivity index (χ0n) is 9.44. The second-order valence-electron chi connectivity index (χ2n) is 4.39. The van der Waals surface area contributed by atoms with Crippen LogP contribution in [-0.2, 0) is 0 Å². The van der Waals surface area contributed by atoms with Gasteiger partial charge < -0.3 is 10.2 Å². The first-order valence-electron chi connectivity index (χ1n) is 5.59. The van der Waals surface area contributed by atoms with E-state index in [1.807, 2.05) is 6.92 Å². The second kappa shape index (κ2) is 4.33. The fraction of sp³-hybridized carbons (Fsp3) is 0.727. The summed E-state index contributed by atoms with van der Waals surface area (Å²) >= 11 is 0. The highest BCUT2D eigenvalue weighted by Gasteiger charge is 2.25. The van der Waals surface area contributed by atoms with Gasteiger partial charge in [-0.3, -0.25) is 4.90 Å². The topological polar surface area (TPSA) is 55.3 Å². The van der Waals surface area contributed by atoms with Gasteiger partial charge in [-0.15, -0.1) is 0 Å². The molecular weight excluding hydrogens is 190 g/mol. The largest absolute Gasteiger partial charge is 0.447 e. The summed E-state index contributed by atoms with van der Waals surface area (Å²) in [5.41, 5.74) is 6.61. The van der Waals surface area contributed by atoms with E-state index in [0.717, 1.165) is 24.6 Å². The first kappa shape index (κ1) is 10.6. The van der Waals surface area contributed by atoms with E-state index in [1.165, 1.54) is 12.8 Å². The summed E-state index contributed by atoms with van der Waals surface area (Å²) < 4.78 is 5.50. The maximum Gasteiger partial charge on any atom is 0.211 e. The molecule has 2 atom stereocenters. The Morgan fingerprint density at radius 1 is 1.60 bits per heavy atom. The molecule has 1 aliphatic heterocycles. The van der Waals surface area contributed by atoms with E-state index in [2.05, 4.69) is 16.9 Å². The monoisotopic (exact) mass is 209 g/mol. The van der Waals surface area contributed by atoms with Crippen LogP contribution in [0, 0.1) is 0 Å². The third kappa shape index (κ3) is 2.21. The van der Waals surface area contributed by atoms with Gasteiger partial charge in [-0.05, 0) is 33.4 Å². The van der Waals surface area contributed by atoms with Crippen LogP contribution in [0.4, 0.5) is 0 Å². The first-order valence-corrected chi connectivity index (χ1v) is 5.59. The van der Waals surface area contributed by atoms with E-state index < -0.39 is 0 Å². The Balaban J connectivity index is 2.13. The van der Waals surface area contributed by atoms with E-state index >= 15 is 0 Å². The molecule has 0 saturated carbocycles. The number of aromatic nitrogens is 1. The molecule has 1 saturated heterocycles. The van der Waals surface area contributed by atoms with Crippen LogP contribution >= 0.6 is 0 Å². The fourth-order valence-electron chi connectivity index (χ4n) is 2.05. The number of rotatable bonds is 2. The van der Waals surface area contributed by atoms with Crippen molar-refractivity contribution >= 4 is 0 Å². The van der Waals surface area contributed by atoms with Gasteiger partial charge in [0.2, 0.25) is 5.89 Å². The third-order valence-electron chi connectivity index (χ3n) is 3.06. The first-order chi connectivity index (χ1) is 7.18. The molecule has 4 heteroatoms. The number of hydrogen-bond donors (Lipinski definition) is 1. The molecule has 0 aromatic carbocycles.